The molecule has 3 heterocycles. The lowest BCUT2D eigenvalue weighted by molar-refractivity contribution is 0.195. The fraction of sp³-hybridized carbons (Fsp3) is 0.421. The van der Waals surface area contributed by atoms with Gasteiger partial charge in [-0.25, -0.2) is 0 Å². The third-order valence-corrected chi connectivity index (χ3v) is 21.9. The van der Waals surface area contributed by atoms with Crippen LogP contribution in [0.25, 0.3) is 21.2 Å². The van der Waals surface area contributed by atoms with Crippen molar-refractivity contribution in [3.8, 4) is 11.1 Å². The molecule has 0 amide bonds. The van der Waals surface area contributed by atoms with Gasteiger partial charge >= 0.3 is 0 Å². The Morgan fingerprint density at radius 1 is 0.532 bits per heavy atom. The SMILES string of the molecule is Cc1cc(C(c2ccc(C(C)(C)C)cc2)c2ccc(C(C)(C)C)cc2)cc2c1B(c1sc3cc4c(cc3c1CCc1ccc(C(C)(C)C)cc1)C(C)(C)CCC4(C)C)c1cc(-c3ccccc3)cc3c1N2C1(C)CCCCC31C. The Hall–Kier alpha value is -5.64. The van der Waals surface area contributed by atoms with Crippen LogP contribution in [0.2, 0.25) is 0 Å². The average molecular weight is 1060 g/mol. The number of hydrogen-bond donors (Lipinski definition) is 0. The molecule has 0 saturated heterocycles. The molecule has 1 saturated carbocycles. The fourth-order valence-corrected chi connectivity index (χ4v) is 16.7. The van der Waals surface area contributed by atoms with Gasteiger partial charge in [0.2, 0.25) is 0 Å². The Morgan fingerprint density at radius 3 is 1.65 bits per heavy atom. The molecule has 79 heavy (non-hydrogen) atoms. The summed E-state index contributed by atoms with van der Waals surface area (Å²) in [5.41, 5.74) is 26.2. The molecule has 0 radical (unpaired) electrons. The van der Waals surface area contributed by atoms with Crippen molar-refractivity contribution in [1.29, 1.82) is 0 Å². The number of nitrogens with zero attached hydrogens (tertiary/aromatic N) is 1. The number of thiophene rings is 1. The smallest absolute Gasteiger partial charge is 0.259 e. The lowest BCUT2D eigenvalue weighted by Gasteiger charge is -2.52. The van der Waals surface area contributed by atoms with Crippen LogP contribution in [0, 0.1) is 6.92 Å². The van der Waals surface area contributed by atoms with E-state index in [0.717, 1.165) is 19.3 Å². The van der Waals surface area contributed by atoms with Crippen molar-refractivity contribution in [3.63, 3.8) is 0 Å². The number of fused-ring (bicyclic) bond motifs is 7. The number of aryl methyl sites for hydroxylation is 3. The van der Waals surface area contributed by atoms with E-state index in [4.69, 9.17) is 0 Å². The van der Waals surface area contributed by atoms with Gasteiger partial charge in [-0.15, -0.1) is 11.3 Å². The van der Waals surface area contributed by atoms with Crippen LogP contribution in [0.3, 0.4) is 0 Å². The predicted octanol–water partition coefficient (Wildman–Crippen LogP) is 18.7. The van der Waals surface area contributed by atoms with E-state index in [1.54, 1.807) is 27.0 Å². The van der Waals surface area contributed by atoms with Gasteiger partial charge in [-0.2, -0.15) is 0 Å². The Balaban J connectivity index is 1.15. The van der Waals surface area contributed by atoms with Gasteiger partial charge in [-0.1, -0.05) is 231 Å². The van der Waals surface area contributed by atoms with Gasteiger partial charge in [-0.3, -0.25) is 0 Å². The second-order valence-corrected chi connectivity index (χ2v) is 31.0. The minimum atomic E-state index is -0.112. The Morgan fingerprint density at radius 2 is 1.08 bits per heavy atom. The quantitative estimate of drug-likeness (QED) is 0.108. The van der Waals surface area contributed by atoms with Crippen LogP contribution in [0.15, 0.2) is 140 Å². The molecule has 2 aliphatic heterocycles. The standard InChI is InChI=1S/C76H88BNS/c1-48-42-54(66(51-27-33-56(34-28-51)71(5,6)7)52-29-35-57(36-30-52)72(8,9)10)45-64-67(48)77(63-44-53(50-22-18-17-19-23-50)43-62-68(63)78(64)76(16)39-21-20-38-75(62,76)15)69-58(37-26-49-24-31-55(32-25-49)70(2,3)4)59-46-60-61(47-65(59)79-69)74(13,14)41-40-73(60,11)12/h17-19,22-25,27-36,42-47,66H,20-21,26,37-41H2,1-16H3. The summed E-state index contributed by atoms with van der Waals surface area (Å²) < 4.78 is 3.00. The first-order valence-corrected chi connectivity index (χ1v) is 31.1. The number of hydrogen-bond acceptors (Lipinski definition) is 2. The van der Waals surface area contributed by atoms with Crippen LogP contribution >= 0.6 is 11.3 Å². The second kappa shape index (κ2) is 18.7. The summed E-state index contributed by atoms with van der Waals surface area (Å²) in [6, 6.07) is 56.4. The molecule has 1 fully saturated rings. The molecule has 406 valence electrons. The molecule has 8 aromatic rings. The minimum absolute atomic E-state index is 0.0421. The molecule has 4 aliphatic rings. The summed E-state index contributed by atoms with van der Waals surface area (Å²) in [5.74, 6) is 0.0579. The van der Waals surface area contributed by atoms with Gasteiger partial charge in [0.15, 0.2) is 0 Å². The third-order valence-electron chi connectivity index (χ3n) is 20.7. The van der Waals surface area contributed by atoms with Gasteiger partial charge in [0, 0.05) is 27.4 Å². The molecule has 0 spiro atoms. The van der Waals surface area contributed by atoms with Crippen LogP contribution in [0.5, 0.6) is 0 Å². The monoisotopic (exact) mass is 1060 g/mol. The summed E-state index contributed by atoms with van der Waals surface area (Å²) in [4.78, 5) is 2.96. The lowest BCUT2D eigenvalue weighted by Crippen LogP contribution is -2.62. The molecule has 0 N–H and O–H groups in total. The maximum absolute atomic E-state index is 2.96. The first-order valence-electron chi connectivity index (χ1n) is 30.3. The molecule has 2 aliphatic carbocycles. The summed E-state index contributed by atoms with van der Waals surface area (Å²) >= 11 is 2.13. The largest absolute Gasteiger partial charge is 0.335 e. The zero-order chi connectivity index (χ0) is 56.0. The summed E-state index contributed by atoms with van der Waals surface area (Å²) in [5, 5.41) is 1.48. The summed E-state index contributed by atoms with van der Waals surface area (Å²) in [6.45, 7) is 38.9. The van der Waals surface area contributed by atoms with Crippen LogP contribution in [0.1, 0.15) is 215 Å². The minimum Gasteiger partial charge on any atom is -0.335 e. The predicted molar refractivity (Wildman–Crippen MR) is 345 cm³/mol. The number of rotatable bonds is 8. The van der Waals surface area contributed by atoms with Crippen molar-refractivity contribution in [1.82, 2.24) is 0 Å². The van der Waals surface area contributed by atoms with Crippen molar-refractivity contribution < 1.29 is 0 Å². The van der Waals surface area contributed by atoms with Gasteiger partial charge in [-0.05, 0) is 197 Å². The highest BCUT2D eigenvalue weighted by molar-refractivity contribution is 7.32. The molecule has 2 atom stereocenters. The molecule has 3 heteroatoms. The molecular weight excluding hydrogens is 970 g/mol. The van der Waals surface area contributed by atoms with Crippen LogP contribution in [-0.4, -0.2) is 12.3 Å². The Kier molecular flexibility index (Phi) is 12.8. The number of anilines is 2. The van der Waals surface area contributed by atoms with E-state index in [-0.39, 0.29) is 50.7 Å². The highest BCUT2D eigenvalue weighted by Crippen LogP contribution is 2.62. The maximum Gasteiger partial charge on any atom is 0.259 e. The normalized spacial score (nSPS) is 20.3. The van der Waals surface area contributed by atoms with Gasteiger partial charge in [0.25, 0.3) is 6.71 Å². The fourth-order valence-electron chi connectivity index (χ4n) is 15.3. The van der Waals surface area contributed by atoms with E-state index in [1.165, 1.54) is 120 Å². The highest BCUT2D eigenvalue weighted by Gasteiger charge is 2.61. The van der Waals surface area contributed by atoms with Crippen LogP contribution in [0.4, 0.5) is 11.4 Å². The first-order chi connectivity index (χ1) is 37.2. The molecule has 0 bridgehead atoms. The Labute approximate surface area is 480 Å². The van der Waals surface area contributed by atoms with E-state index >= 15 is 0 Å². The summed E-state index contributed by atoms with van der Waals surface area (Å²) in [7, 11) is 0. The van der Waals surface area contributed by atoms with Gasteiger partial charge in [0.1, 0.15) is 0 Å². The zero-order valence-electron chi connectivity index (χ0n) is 50.9. The number of benzene rings is 7. The second-order valence-electron chi connectivity index (χ2n) is 29.9. The van der Waals surface area contributed by atoms with Crippen molar-refractivity contribution in [3.05, 3.63) is 206 Å². The lowest BCUT2D eigenvalue weighted by atomic mass is 9.36. The molecule has 7 aromatic carbocycles. The zero-order valence-corrected chi connectivity index (χ0v) is 51.8. The van der Waals surface area contributed by atoms with Crippen molar-refractivity contribution in [2.45, 2.75) is 206 Å². The topological polar surface area (TPSA) is 3.24 Å². The van der Waals surface area contributed by atoms with E-state index in [9.17, 15) is 0 Å². The van der Waals surface area contributed by atoms with Crippen LogP contribution in [-0.2, 0) is 45.3 Å². The molecular formula is C76H88BNS. The molecule has 2 unspecified atom stereocenters. The van der Waals surface area contributed by atoms with E-state index in [1.807, 2.05) is 0 Å². The first kappa shape index (κ1) is 54.0. The van der Waals surface area contributed by atoms with Crippen molar-refractivity contribution >= 4 is 55.2 Å². The summed E-state index contributed by atoms with van der Waals surface area (Å²) in [6.07, 6.45) is 9.25. The maximum atomic E-state index is 2.96. The molecule has 12 rings (SSSR count). The van der Waals surface area contributed by atoms with E-state index in [0.29, 0.717) is 0 Å². The average Bonchev–Trinajstić information content (AvgIpc) is 2.20. The van der Waals surface area contributed by atoms with Crippen molar-refractivity contribution in [2.75, 3.05) is 4.90 Å². The van der Waals surface area contributed by atoms with E-state index < -0.39 is 0 Å². The molecule has 1 aromatic heterocycles. The van der Waals surface area contributed by atoms with Crippen LogP contribution < -0.4 is 20.6 Å². The van der Waals surface area contributed by atoms with Crippen molar-refractivity contribution in [2.24, 2.45) is 0 Å². The van der Waals surface area contributed by atoms with Gasteiger partial charge < -0.3 is 4.90 Å². The highest BCUT2D eigenvalue weighted by atomic mass is 32.1. The molecule has 1 nitrogen and oxygen atoms in total. The Bertz CT molecular complexity index is 3590. The van der Waals surface area contributed by atoms with E-state index in [2.05, 4.69) is 267 Å². The van der Waals surface area contributed by atoms with Gasteiger partial charge in [0.05, 0.1) is 5.54 Å². The third kappa shape index (κ3) is 8.92.